The molecule has 0 amide bonds. The fourth-order valence-corrected chi connectivity index (χ4v) is 3.23. The molecule has 7 nitrogen and oxygen atoms in total. The van der Waals surface area contributed by atoms with Crippen LogP contribution in [0.25, 0.3) is 0 Å². The number of rotatable bonds is 6. The van der Waals surface area contributed by atoms with Gasteiger partial charge in [-0.15, -0.1) is 0 Å². The Labute approximate surface area is 170 Å². The molecule has 0 saturated heterocycles. The molecule has 0 aromatic heterocycles. The van der Waals surface area contributed by atoms with Gasteiger partial charge in [0.2, 0.25) is 0 Å². The maximum Gasteiger partial charge on any atom is 0.336 e. The molecule has 156 valence electrons. The Hall–Kier alpha value is -3.09. The van der Waals surface area contributed by atoms with Gasteiger partial charge in [-0.3, -0.25) is 4.79 Å². The zero-order valence-corrected chi connectivity index (χ0v) is 17.6. The SMILES string of the molecule is COC(=O)C1=C(C)NC(C)=C(C(=O)OC)C1C(=O)OCc1ccc(C(C)C)cc1. The second kappa shape index (κ2) is 9.41. The topological polar surface area (TPSA) is 90.9 Å². The summed E-state index contributed by atoms with van der Waals surface area (Å²) in [6.45, 7) is 7.47. The molecule has 0 aliphatic carbocycles. The first kappa shape index (κ1) is 22.2. The van der Waals surface area contributed by atoms with Gasteiger partial charge in [0.15, 0.2) is 0 Å². The van der Waals surface area contributed by atoms with Gasteiger partial charge in [-0.1, -0.05) is 38.1 Å². The van der Waals surface area contributed by atoms with Gasteiger partial charge in [-0.25, -0.2) is 9.59 Å². The first-order valence-corrected chi connectivity index (χ1v) is 9.31. The summed E-state index contributed by atoms with van der Waals surface area (Å²) in [5.41, 5.74) is 2.88. The van der Waals surface area contributed by atoms with Crippen molar-refractivity contribution in [2.45, 2.75) is 40.2 Å². The van der Waals surface area contributed by atoms with E-state index in [0.717, 1.165) is 5.56 Å². The van der Waals surface area contributed by atoms with Crippen LogP contribution in [0, 0.1) is 5.92 Å². The van der Waals surface area contributed by atoms with Crippen molar-refractivity contribution in [1.82, 2.24) is 5.32 Å². The number of allylic oxidation sites excluding steroid dienone is 2. The van der Waals surface area contributed by atoms with Crippen LogP contribution in [0.2, 0.25) is 0 Å². The van der Waals surface area contributed by atoms with Gasteiger partial charge >= 0.3 is 17.9 Å². The molecular weight excluding hydrogens is 374 g/mol. The average Bonchev–Trinajstić information content (AvgIpc) is 2.70. The smallest absolute Gasteiger partial charge is 0.336 e. The fourth-order valence-electron chi connectivity index (χ4n) is 3.23. The summed E-state index contributed by atoms with van der Waals surface area (Å²) in [7, 11) is 2.43. The van der Waals surface area contributed by atoms with Crippen molar-refractivity contribution in [3.05, 3.63) is 57.9 Å². The Morgan fingerprint density at radius 1 is 0.931 bits per heavy atom. The average molecular weight is 401 g/mol. The molecular formula is C22H27NO6. The van der Waals surface area contributed by atoms with Gasteiger partial charge in [0.05, 0.1) is 25.4 Å². The van der Waals surface area contributed by atoms with Crippen LogP contribution >= 0.6 is 0 Å². The quantitative estimate of drug-likeness (QED) is 0.579. The van der Waals surface area contributed by atoms with Crippen molar-refractivity contribution in [2.75, 3.05) is 14.2 Å². The fraction of sp³-hybridized carbons (Fsp3) is 0.409. The van der Waals surface area contributed by atoms with Gasteiger partial charge in [0, 0.05) is 11.4 Å². The number of benzene rings is 1. The molecule has 1 N–H and O–H groups in total. The van der Waals surface area contributed by atoms with E-state index in [1.165, 1.54) is 19.8 Å². The van der Waals surface area contributed by atoms with Crippen LogP contribution in [0.4, 0.5) is 0 Å². The van der Waals surface area contributed by atoms with Crippen molar-refractivity contribution in [3.63, 3.8) is 0 Å². The van der Waals surface area contributed by atoms with Crippen molar-refractivity contribution in [2.24, 2.45) is 5.92 Å². The first-order valence-electron chi connectivity index (χ1n) is 9.31. The number of hydrogen-bond acceptors (Lipinski definition) is 7. The second-order valence-electron chi connectivity index (χ2n) is 7.12. The van der Waals surface area contributed by atoms with E-state index in [0.29, 0.717) is 17.3 Å². The van der Waals surface area contributed by atoms with E-state index in [1.807, 2.05) is 24.3 Å². The summed E-state index contributed by atoms with van der Waals surface area (Å²) in [6.07, 6.45) is 0. The Morgan fingerprint density at radius 2 is 1.41 bits per heavy atom. The third kappa shape index (κ3) is 4.85. The zero-order chi connectivity index (χ0) is 21.7. The van der Waals surface area contributed by atoms with Crippen LogP contribution in [-0.2, 0) is 35.2 Å². The van der Waals surface area contributed by atoms with Crippen molar-refractivity contribution < 1.29 is 28.6 Å². The minimum Gasteiger partial charge on any atom is -0.466 e. The second-order valence-corrected chi connectivity index (χ2v) is 7.12. The highest BCUT2D eigenvalue weighted by Crippen LogP contribution is 2.32. The maximum atomic E-state index is 13.0. The summed E-state index contributed by atoms with van der Waals surface area (Å²) in [5.74, 6) is -2.99. The molecule has 0 atom stereocenters. The van der Waals surface area contributed by atoms with Crippen LogP contribution in [0.5, 0.6) is 0 Å². The molecule has 0 unspecified atom stereocenters. The normalized spacial score (nSPS) is 14.6. The maximum absolute atomic E-state index is 13.0. The van der Waals surface area contributed by atoms with Gasteiger partial charge in [0.1, 0.15) is 12.5 Å². The van der Waals surface area contributed by atoms with E-state index in [9.17, 15) is 14.4 Å². The summed E-state index contributed by atoms with van der Waals surface area (Å²) in [5, 5.41) is 2.94. The molecule has 0 saturated carbocycles. The van der Waals surface area contributed by atoms with Crippen molar-refractivity contribution in [3.8, 4) is 0 Å². The number of nitrogens with one attached hydrogen (secondary N) is 1. The van der Waals surface area contributed by atoms with Crippen molar-refractivity contribution in [1.29, 1.82) is 0 Å². The molecule has 1 heterocycles. The predicted molar refractivity (Wildman–Crippen MR) is 106 cm³/mol. The minimum atomic E-state index is -1.23. The van der Waals surface area contributed by atoms with Gasteiger partial charge < -0.3 is 19.5 Å². The zero-order valence-electron chi connectivity index (χ0n) is 17.6. The highest BCUT2D eigenvalue weighted by molar-refractivity contribution is 6.05. The standard InChI is InChI=1S/C22H27NO6/c1-12(2)16-9-7-15(8-10-16)11-29-22(26)19-17(20(24)27-5)13(3)23-14(4)18(19)21(25)28-6/h7-10,12,19,23H,11H2,1-6H3. The van der Waals surface area contributed by atoms with Crippen molar-refractivity contribution >= 4 is 17.9 Å². The van der Waals surface area contributed by atoms with Gasteiger partial charge in [-0.2, -0.15) is 0 Å². The van der Waals surface area contributed by atoms with E-state index in [2.05, 4.69) is 19.2 Å². The number of methoxy groups -OCH3 is 2. The van der Waals surface area contributed by atoms with Crippen LogP contribution < -0.4 is 5.32 Å². The molecule has 7 heteroatoms. The lowest BCUT2D eigenvalue weighted by Gasteiger charge is -2.28. The molecule has 0 fully saturated rings. The van der Waals surface area contributed by atoms with Crippen LogP contribution in [0.15, 0.2) is 46.8 Å². The van der Waals surface area contributed by atoms with Gasteiger partial charge in [-0.05, 0) is 30.9 Å². The lowest BCUT2D eigenvalue weighted by molar-refractivity contribution is -0.152. The number of carbonyl (C=O) groups is 3. The van der Waals surface area contributed by atoms with E-state index >= 15 is 0 Å². The van der Waals surface area contributed by atoms with E-state index < -0.39 is 23.8 Å². The highest BCUT2D eigenvalue weighted by Gasteiger charge is 2.42. The lowest BCUT2D eigenvalue weighted by Crippen LogP contribution is -2.37. The summed E-state index contributed by atoms with van der Waals surface area (Å²) < 4.78 is 15.1. The molecule has 29 heavy (non-hydrogen) atoms. The predicted octanol–water partition coefficient (Wildman–Crippen LogP) is 2.97. The van der Waals surface area contributed by atoms with Crippen LogP contribution in [0.3, 0.4) is 0 Å². The molecule has 1 aliphatic rings. The van der Waals surface area contributed by atoms with E-state index in [-0.39, 0.29) is 17.8 Å². The first-order chi connectivity index (χ1) is 13.7. The largest absolute Gasteiger partial charge is 0.466 e. The number of ether oxygens (including phenoxy) is 3. The van der Waals surface area contributed by atoms with Gasteiger partial charge in [0.25, 0.3) is 0 Å². The lowest BCUT2D eigenvalue weighted by atomic mass is 9.85. The Bertz CT molecular complexity index is 826. The Balaban J connectivity index is 2.31. The monoisotopic (exact) mass is 401 g/mol. The number of carbonyl (C=O) groups excluding carboxylic acids is 3. The number of hydrogen-bond donors (Lipinski definition) is 1. The molecule has 0 spiro atoms. The molecule has 1 aromatic rings. The number of esters is 3. The van der Waals surface area contributed by atoms with E-state index in [1.54, 1.807) is 13.8 Å². The molecule has 0 radical (unpaired) electrons. The third-order valence-corrected chi connectivity index (χ3v) is 4.83. The molecule has 1 aromatic carbocycles. The third-order valence-electron chi connectivity index (χ3n) is 4.83. The highest BCUT2D eigenvalue weighted by atomic mass is 16.5. The minimum absolute atomic E-state index is 0.0160. The molecule has 2 rings (SSSR count). The Kier molecular flexibility index (Phi) is 7.20. The summed E-state index contributed by atoms with van der Waals surface area (Å²) in [6, 6.07) is 7.73. The molecule has 1 aliphatic heterocycles. The van der Waals surface area contributed by atoms with E-state index in [4.69, 9.17) is 14.2 Å². The Morgan fingerprint density at radius 3 is 1.83 bits per heavy atom. The number of dihydropyridines is 1. The van der Waals surface area contributed by atoms with Crippen LogP contribution in [0.1, 0.15) is 44.7 Å². The van der Waals surface area contributed by atoms with Crippen LogP contribution in [-0.4, -0.2) is 32.1 Å². The summed E-state index contributed by atoms with van der Waals surface area (Å²) >= 11 is 0. The molecule has 0 bridgehead atoms. The summed E-state index contributed by atoms with van der Waals surface area (Å²) in [4.78, 5) is 37.6.